The van der Waals surface area contributed by atoms with E-state index in [2.05, 4.69) is 34.6 Å². The summed E-state index contributed by atoms with van der Waals surface area (Å²) in [6, 6.07) is 22.3. The number of hydrogen-bond donors (Lipinski definition) is 1. The Morgan fingerprint density at radius 3 is 2.65 bits per heavy atom. The second kappa shape index (κ2) is 6.64. The number of hydrogen-bond acceptors (Lipinski definition) is 2. The van der Waals surface area contributed by atoms with E-state index in [1.54, 1.807) is 0 Å². The summed E-state index contributed by atoms with van der Waals surface area (Å²) in [5.41, 5.74) is 3.03. The van der Waals surface area contributed by atoms with Gasteiger partial charge in [-0.3, -0.25) is 4.79 Å². The molecule has 4 rings (SSSR count). The zero-order chi connectivity index (χ0) is 18.1. The average Bonchev–Trinajstić information content (AvgIpc) is 2.96. The van der Waals surface area contributed by atoms with E-state index in [4.69, 9.17) is 0 Å². The van der Waals surface area contributed by atoms with Gasteiger partial charge in [-0.1, -0.05) is 54.6 Å². The molecule has 0 bridgehead atoms. The van der Waals surface area contributed by atoms with E-state index in [-0.39, 0.29) is 18.5 Å². The first-order valence-corrected chi connectivity index (χ1v) is 8.82. The predicted molar refractivity (Wildman–Crippen MR) is 105 cm³/mol. The van der Waals surface area contributed by atoms with Crippen molar-refractivity contribution in [3.63, 3.8) is 0 Å². The van der Waals surface area contributed by atoms with Crippen molar-refractivity contribution in [2.45, 2.75) is 26.4 Å². The quantitative estimate of drug-likeness (QED) is 0.598. The second-order valence-electron chi connectivity index (χ2n) is 6.59. The van der Waals surface area contributed by atoms with Crippen molar-refractivity contribution in [2.75, 3.05) is 0 Å². The Morgan fingerprint density at radius 2 is 1.77 bits per heavy atom. The Kier molecular flexibility index (Phi) is 4.17. The highest BCUT2D eigenvalue weighted by atomic mass is 16.2. The summed E-state index contributed by atoms with van der Waals surface area (Å²) in [4.78, 5) is 17.2. The number of para-hydroxylation sites is 2. The van der Waals surface area contributed by atoms with Gasteiger partial charge in [0.1, 0.15) is 12.4 Å². The standard InChI is InChI=1S/C22H21N3O/c1-15(18-11-7-9-17-8-3-4-10-19(17)18)23-22(26)14-25-16(2)24-20-12-5-6-13-21(20)25/h3-13,15H,14H2,1-2H3,(H,23,26)/t15-/m1/s1. The van der Waals surface area contributed by atoms with Crippen LogP contribution in [0.1, 0.15) is 24.4 Å². The lowest BCUT2D eigenvalue weighted by Crippen LogP contribution is -2.30. The third-order valence-electron chi connectivity index (χ3n) is 4.81. The molecule has 130 valence electrons. The maximum Gasteiger partial charge on any atom is 0.240 e. The van der Waals surface area contributed by atoms with E-state index in [0.29, 0.717) is 0 Å². The SMILES string of the molecule is Cc1nc2ccccc2n1CC(=O)N[C@H](C)c1cccc2ccccc12. The molecule has 1 N–H and O–H groups in total. The molecule has 0 aliphatic heterocycles. The number of imidazole rings is 1. The molecule has 1 aromatic heterocycles. The maximum atomic E-state index is 12.7. The van der Waals surface area contributed by atoms with Crippen molar-refractivity contribution >= 4 is 27.7 Å². The fourth-order valence-corrected chi connectivity index (χ4v) is 3.53. The normalized spacial score (nSPS) is 12.4. The lowest BCUT2D eigenvalue weighted by atomic mass is 10.00. The third-order valence-corrected chi connectivity index (χ3v) is 4.81. The van der Waals surface area contributed by atoms with Gasteiger partial charge in [0.2, 0.25) is 5.91 Å². The molecular weight excluding hydrogens is 322 g/mol. The highest BCUT2D eigenvalue weighted by molar-refractivity contribution is 5.87. The maximum absolute atomic E-state index is 12.7. The number of aromatic nitrogens is 2. The smallest absolute Gasteiger partial charge is 0.240 e. The van der Waals surface area contributed by atoms with Crippen LogP contribution >= 0.6 is 0 Å². The lowest BCUT2D eigenvalue weighted by molar-refractivity contribution is -0.122. The van der Waals surface area contributed by atoms with E-state index in [1.165, 1.54) is 10.8 Å². The minimum Gasteiger partial charge on any atom is -0.348 e. The van der Waals surface area contributed by atoms with Gasteiger partial charge in [-0.25, -0.2) is 4.98 Å². The molecule has 0 unspecified atom stereocenters. The molecule has 0 fully saturated rings. The molecular formula is C22H21N3O. The highest BCUT2D eigenvalue weighted by Gasteiger charge is 2.15. The predicted octanol–water partition coefficient (Wildman–Crippen LogP) is 4.38. The number of fused-ring (bicyclic) bond motifs is 2. The fraction of sp³-hybridized carbons (Fsp3) is 0.182. The van der Waals surface area contributed by atoms with Crippen molar-refractivity contribution in [1.29, 1.82) is 0 Å². The summed E-state index contributed by atoms with van der Waals surface area (Å²) in [5, 5.41) is 5.49. The van der Waals surface area contributed by atoms with Crippen LogP contribution in [0.3, 0.4) is 0 Å². The minimum atomic E-state index is -0.0660. The number of rotatable bonds is 4. The van der Waals surface area contributed by atoms with Gasteiger partial charge in [-0.15, -0.1) is 0 Å². The number of carbonyl (C=O) groups is 1. The second-order valence-corrected chi connectivity index (χ2v) is 6.59. The molecule has 4 nitrogen and oxygen atoms in total. The molecule has 4 heteroatoms. The molecule has 0 radical (unpaired) electrons. The van der Waals surface area contributed by atoms with E-state index in [0.717, 1.165) is 22.4 Å². The first-order valence-electron chi connectivity index (χ1n) is 8.82. The van der Waals surface area contributed by atoms with Crippen LogP contribution in [0.5, 0.6) is 0 Å². The lowest BCUT2D eigenvalue weighted by Gasteiger charge is -2.17. The van der Waals surface area contributed by atoms with Gasteiger partial charge in [0.15, 0.2) is 0 Å². The third kappa shape index (κ3) is 2.94. The highest BCUT2D eigenvalue weighted by Crippen LogP contribution is 2.24. The van der Waals surface area contributed by atoms with Gasteiger partial charge in [0.05, 0.1) is 17.1 Å². The number of nitrogens with one attached hydrogen (secondary N) is 1. The fourth-order valence-electron chi connectivity index (χ4n) is 3.53. The van der Waals surface area contributed by atoms with Crippen LogP contribution in [-0.4, -0.2) is 15.5 Å². The van der Waals surface area contributed by atoms with Crippen molar-refractivity contribution in [1.82, 2.24) is 14.9 Å². The molecule has 1 heterocycles. The zero-order valence-electron chi connectivity index (χ0n) is 14.9. The summed E-state index contributed by atoms with van der Waals surface area (Å²) in [5.74, 6) is 0.829. The summed E-state index contributed by atoms with van der Waals surface area (Å²) < 4.78 is 1.96. The Balaban J connectivity index is 1.57. The van der Waals surface area contributed by atoms with Crippen molar-refractivity contribution in [2.24, 2.45) is 0 Å². The van der Waals surface area contributed by atoms with Crippen molar-refractivity contribution in [3.8, 4) is 0 Å². The van der Waals surface area contributed by atoms with Crippen molar-refractivity contribution in [3.05, 3.63) is 78.1 Å². The molecule has 1 amide bonds. The zero-order valence-corrected chi connectivity index (χ0v) is 14.9. The molecule has 1 atom stereocenters. The molecule has 0 saturated heterocycles. The minimum absolute atomic E-state index is 0.0170. The van der Waals surface area contributed by atoms with Gasteiger partial charge >= 0.3 is 0 Å². The Labute approximate surface area is 152 Å². The first-order chi connectivity index (χ1) is 12.6. The summed E-state index contributed by atoms with van der Waals surface area (Å²) in [7, 11) is 0. The van der Waals surface area contributed by atoms with E-state index in [9.17, 15) is 4.79 Å². The van der Waals surface area contributed by atoms with Crippen LogP contribution in [0.25, 0.3) is 21.8 Å². The van der Waals surface area contributed by atoms with Crippen LogP contribution in [0.4, 0.5) is 0 Å². The number of benzene rings is 3. The molecule has 26 heavy (non-hydrogen) atoms. The Morgan fingerprint density at radius 1 is 1.04 bits per heavy atom. The number of amides is 1. The molecule has 4 aromatic rings. The van der Waals surface area contributed by atoms with Crippen LogP contribution in [0.15, 0.2) is 66.7 Å². The van der Waals surface area contributed by atoms with Gasteiger partial charge < -0.3 is 9.88 Å². The number of aryl methyl sites for hydroxylation is 1. The van der Waals surface area contributed by atoms with Gasteiger partial charge in [-0.2, -0.15) is 0 Å². The van der Waals surface area contributed by atoms with Crippen molar-refractivity contribution < 1.29 is 4.79 Å². The first kappa shape index (κ1) is 16.3. The molecule has 3 aromatic carbocycles. The number of nitrogens with zero attached hydrogens (tertiary/aromatic N) is 2. The average molecular weight is 343 g/mol. The monoisotopic (exact) mass is 343 g/mol. The summed E-state index contributed by atoms with van der Waals surface area (Å²) >= 11 is 0. The molecule has 0 aliphatic rings. The largest absolute Gasteiger partial charge is 0.348 e. The summed E-state index contributed by atoms with van der Waals surface area (Å²) in [6.45, 7) is 4.22. The number of carbonyl (C=O) groups excluding carboxylic acids is 1. The van der Waals surface area contributed by atoms with E-state index >= 15 is 0 Å². The Hall–Kier alpha value is -3.14. The molecule has 0 aliphatic carbocycles. The van der Waals surface area contributed by atoms with E-state index in [1.807, 2.05) is 60.9 Å². The van der Waals surface area contributed by atoms with Gasteiger partial charge in [0.25, 0.3) is 0 Å². The topological polar surface area (TPSA) is 46.9 Å². The molecule has 0 spiro atoms. The van der Waals surface area contributed by atoms with Crippen LogP contribution < -0.4 is 5.32 Å². The molecule has 0 saturated carbocycles. The van der Waals surface area contributed by atoms with Crippen LogP contribution in [0, 0.1) is 6.92 Å². The van der Waals surface area contributed by atoms with Gasteiger partial charge in [0, 0.05) is 0 Å². The van der Waals surface area contributed by atoms with Gasteiger partial charge in [-0.05, 0) is 42.3 Å². The van der Waals surface area contributed by atoms with Crippen LogP contribution in [-0.2, 0) is 11.3 Å². The van der Waals surface area contributed by atoms with E-state index < -0.39 is 0 Å². The van der Waals surface area contributed by atoms with Crippen LogP contribution in [0.2, 0.25) is 0 Å². The Bertz CT molecular complexity index is 1090. The summed E-state index contributed by atoms with van der Waals surface area (Å²) in [6.07, 6.45) is 0.